The molecule has 3 N–H and O–H groups in total. The molecule has 18 heavy (non-hydrogen) atoms. The van der Waals surface area contributed by atoms with Crippen LogP contribution in [0.3, 0.4) is 0 Å². The summed E-state index contributed by atoms with van der Waals surface area (Å²) < 4.78 is 26.9. The Bertz CT molecular complexity index is 630. The SMILES string of the molecule is Cc1cnc(NS(=O)(=O)c2ccc(CCN)s2)s1. The zero-order valence-electron chi connectivity index (χ0n) is 9.71. The zero-order valence-corrected chi connectivity index (χ0v) is 12.2. The Hall–Kier alpha value is -0.960. The first-order valence-electron chi connectivity index (χ1n) is 5.25. The Balaban J connectivity index is 2.19. The van der Waals surface area contributed by atoms with Crippen LogP contribution in [0.5, 0.6) is 0 Å². The molecule has 98 valence electrons. The molecule has 0 spiro atoms. The van der Waals surface area contributed by atoms with Gasteiger partial charge in [0.1, 0.15) is 4.21 Å². The van der Waals surface area contributed by atoms with Gasteiger partial charge in [0, 0.05) is 16.0 Å². The van der Waals surface area contributed by atoms with Crippen LogP contribution in [0.4, 0.5) is 5.13 Å². The highest BCUT2D eigenvalue weighted by Crippen LogP contribution is 2.25. The molecule has 0 aromatic carbocycles. The number of rotatable bonds is 5. The van der Waals surface area contributed by atoms with Gasteiger partial charge in [-0.2, -0.15) is 0 Å². The summed E-state index contributed by atoms with van der Waals surface area (Å²) in [6.07, 6.45) is 2.33. The second-order valence-corrected chi connectivity index (χ2v) is 7.95. The highest BCUT2D eigenvalue weighted by molar-refractivity contribution is 7.94. The molecule has 2 rings (SSSR count). The van der Waals surface area contributed by atoms with Crippen LogP contribution in [0.15, 0.2) is 22.5 Å². The number of anilines is 1. The van der Waals surface area contributed by atoms with Crippen molar-refractivity contribution in [1.29, 1.82) is 0 Å². The van der Waals surface area contributed by atoms with Crippen molar-refractivity contribution in [2.75, 3.05) is 11.3 Å². The first-order chi connectivity index (χ1) is 8.51. The Morgan fingerprint density at radius 1 is 1.39 bits per heavy atom. The predicted octanol–water partition coefficient (Wildman–Crippen LogP) is 1.82. The van der Waals surface area contributed by atoms with Crippen LogP contribution >= 0.6 is 22.7 Å². The van der Waals surface area contributed by atoms with E-state index in [4.69, 9.17) is 5.73 Å². The average molecular weight is 303 g/mol. The summed E-state index contributed by atoms with van der Waals surface area (Å²) in [5.41, 5.74) is 5.44. The number of hydrogen-bond acceptors (Lipinski definition) is 6. The lowest BCUT2D eigenvalue weighted by Crippen LogP contribution is -2.11. The molecule has 0 aliphatic rings. The maximum absolute atomic E-state index is 12.1. The normalized spacial score (nSPS) is 11.7. The molecule has 0 aliphatic heterocycles. The molecule has 5 nitrogen and oxygen atoms in total. The first-order valence-corrected chi connectivity index (χ1v) is 8.37. The molecule has 0 saturated carbocycles. The molecule has 0 bridgehead atoms. The fraction of sp³-hybridized carbons (Fsp3) is 0.300. The minimum Gasteiger partial charge on any atom is -0.330 e. The molecule has 2 aromatic rings. The summed E-state index contributed by atoms with van der Waals surface area (Å²) >= 11 is 2.55. The standard InChI is InChI=1S/C10H13N3O2S3/c1-7-6-12-10(16-7)13-18(14,15)9-3-2-8(17-9)4-5-11/h2-3,6H,4-5,11H2,1H3,(H,12,13). The lowest BCUT2D eigenvalue weighted by atomic mass is 10.3. The topological polar surface area (TPSA) is 85.1 Å². The Kier molecular flexibility index (Phi) is 4.00. The van der Waals surface area contributed by atoms with Crippen LogP contribution in [0.25, 0.3) is 0 Å². The van der Waals surface area contributed by atoms with E-state index in [1.165, 1.54) is 22.7 Å². The second-order valence-electron chi connectivity index (χ2n) is 3.64. The largest absolute Gasteiger partial charge is 0.330 e. The van der Waals surface area contributed by atoms with Crippen LogP contribution in [0, 0.1) is 6.92 Å². The van der Waals surface area contributed by atoms with Gasteiger partial charge >= 0.3 is 0 Å². The van der Waals surface area contributed by atoms with Crippen LogP contribution in [-0.2, 0) is 16.4 Å². The third-order valence-corrected chi connectivity index (χ3v) is 6.07. The number of hydrogen-bond donors (Lipinski definition) is 2. The minimum atomic E-state index is -3.52. The van der Waals surface area contributed by atoms with E-state index in [-0.39, 0.29) is 0 Å². The van der Waals surface area contributed by atoms with Gasteiger partial charge < -0.3 is 5.73 Å². The summed E-state index contributed by atoms with van der Waals surface area (Å²) in [5, 5.41) is 0.390. The lowest BCUT2D eigenvalue weighted by Gasteiger charge is -2.01. The van der Waals surface area contributed by atoms with E-state index in [0.717, 1.165) is 9.75 Å². The van der Waals surface area contributed by atoms with Gasteiger partial charge in [-0.1, -0.05) is 0 Å². The van der Waals surface area contributed by atoms with Crippen LogP contribution in [-0.4, -0.2) is 19.9 Å². The van der Waals surface area contributed by atoms with Gasteiger partial charge in [0.05, 0.1) is 0 Å². The molecule has 0 atom stereocenters. The van der Waals surface area contributed by atoms with Crippen LogP contribution < -0.4 is 10.5 Å². The van der Waals surface area contributed by atoms with Crippen LogP contribution in [0.2, 0.25) is 0 Å². The Labute approximate surface area is 114 Å². The van der Waals surface area contributed by atoms with Gasteiger partial charge in [-0.15, -0.1) is 22.7 Å². The van der Waals surface area contributed by atoms with Gasteiger partial charge in [-0.05, 0) is 32.0 Å². The van der Waals surface area contributed by atoms with E-state index in [1.54, 1.807) is 18.3 Å². The van der Waals surface area contributed by atoms with Crippen molar-refractivity contribution in [3.63, 3.8) is 0 Å². The first kappa shape index (κ1) is 13.5. The molecule has 0 saturated heterocycles. The van der Waals surface area contributed by atoms with Gasteiger partial charge in [-0.25, -0.2) is 13.4 Å². The van der Waals surface area contributed by atoms with Crippen molar-refractivity contribution in [1.82, 2.24) is 4.98 Å². The van der Waals surface area contributed by atoms with E-state index >= 15 is 0 Å². The zero-order chi connectivity index (χ0) is 13.2. The summed E-state index contributed by atoms with van der Waals surface area (Å²) in [7, 11) is -3.52. The second kappa shape index (κ2) is 5.35. The van der Waals surface area contributed by atoms with Gasteiger partial charge in [0.15, 0.2) is 5.13 Å². The van der Waals surface area contributed by atoms with Gasteiger partial charge in [0.2, 0.25) is 0 Å². The highest BCUT2D eigenvalue weighted by Gasteiger charge is 2.18. The molecule has 8 heteroatoms. The molecule has 0 radical (unpaired) electrons. The van der Waals surface area contributed by atoms with E-state index in [1.807, 2.05) is 6.92 Å². The fourth-order valence-corrected chi connectivity index (χ4v) is 4.62. The molecule has 0 aliphatic carbocycles. The molecular formula is C10H13N3O2S3. The number of nitrogens with zero attached hydrogens (tertiary/aromatic N) is 1. The average Bonchev–Trinajstić information content (AvgIpc) is 2.88. The van der Waals surface area contributed by atoms with Crippen molar-refractivity contribution in [3.05, 3.63) is 28.1 Å². The van der Waals surface area contributed by atoms with Crippen molar-refractivity contribution in [2.24, 2.45) is 5.73 Å². The summed E-state index contributed by atoms with van der Waals surface area (Å²) in [4.78, 5) is 5.91. The van der Waals surface area contributed by atoms with E-state index < -0.39 is 10.0 Å². The number of nitrogens with two attached hydrogens (primary N) is 1. The van der Waals surface area contributed by atoms with Crippen LogP contribution in [0.1, 0.15) is 9.75 Å². The molecule has 2 heterocycles. The Morgan fingerprint density at radius 2 is 2.17 bits per heavy atom. The van der Waals surface area contributed by atoms with E-state index in [9.17, 15) is 8.42 Å². The third kappa shape index (κ3) is 3.08. The van der Waals surface area contributed by atoms with Crippen molar-refractivity contribution < 1.29 is 8.42 Å². The van der Waals surface area contributed by atoms with Gasteiger partial charge in [-0.3, -0.25) is 4.72 Å². The minimum absolute atomic E-state index is 0.291. The number of aromatic nitrogens is 1. The molecule has 0 amide bonds. The summed E-state index contributed by atoms with van der Waals surface area (Å²) in [6.45, 7) is 2.39. The maximum Gasteiger partial charge on any atom is 0.273 e. The molecule has 0 unspecified atom stereocenters. The third-order valence-electron chi connectivity index (χ3n) is 2.14. The number of thiazole rings is 1. The quantitative estimate of drug-likeness (QED) is 0.882. The van der Waals surface area contributed by atoms with Crippen molar-refractivity contribution >= 4 is 37.8 Å². The predicted molar refractivity (Wildman–Crippen MR) is 74.7 cm³/mol. The van der Waals surface area contributed by atoms with E-state index in [0.29, 0.717) is 22.3 Å². The summed E-state index contributed by atoms with van der Waals surface area (Å²) in [6, 6.07) is 3.39. The van der Waals surface area contributed by atoms with Crippen molar-refractivity contribution in [3.8, 4) is 0 Å². The Morgan fingerprint density at radius 3 is 2.78 bits per heavy atom. The number of nitrogens with one attached hydrogen (secondary N) is 1. The fourth-order valence-electron chi connectivity index (χ4n) is 1.35. The molecule has 2 aromatic heterocycles. The molecular weight excluding hydrogens is 290 g/mol. The number of aryl methyl sites for hydroxylation is 1. The maximum atomic E-state index is 12.1. The highest BCUT2D eigenvalue weighted by atomic mass is 32.2. The number of thiophene rings is 1. The number of sulfonamides is 1. The van der Waals surface area contributed by atoms with Gasteiger partial charge in [0.25, 0.3) is 10.0 Å². The van der Waals surface area contributed by atoms with E-state index in [2.05, 4.69) is 9.71 Å². The smallest absolute Gasteiger partial charge is 0.273 e. The molecule has 0 fully saturated rings. The lowest BCUT2D eigenvalue weighted by molar-refractivity contribution is 0.603. The summed E-state index contributed by atoms with van der Waals surface area (Å²) in [5.74, 6) is 0. The monoisotopic (exact) mass is 303 g/mol. The van der Waals surface area contributed by atoms with Crippen molar-refractivity contribution in [2.45, 2.75) is 17.6 Å².